The molecule has 0 heterocycles. The Morgan fingerprint density at radius 1 is 0.903 bits per heavy atom. The molecule has 0 fully saturated rings. The molecule has 0 aromatic heterocycles. The van der Waals surface area contributed by atoms with Gasteiger partial charge < -0.3 is 10.1 Å². The maximum absolute atomic E-state index is 12.8. The molecule has 1 amide bonds. The second-order valence-electron chi connectivity index (χ2n) is 6.67. The lowest BCUT2D eigenvalue weighted by Crippen LogP contribution is -2.18. The Kier molecular flexibility index (Phi) is 6.71. The Hall–Kier alpha value is -3.65. The molecule has 31 heavy (non-hydrogen) atoms. The van der Waals surface area contributed by atoms with Gasteiger partial charge in [0.1, 0.15) is 0 Å². The predicted octanol–water partition coefficient (Wildman–Crippen LogP) is 4.22. The van der Waals surface area contributed by atoms with E-state index in [0.717, 1.165) is 5.56 Å². The van der Waals surface area contributed by atoms with Crippen LogP contribution in [0.5, 0.6) is 0 Å². The molecule has 0 saturated carbocycles. The van der Waals surface area contributed by atoms with Gasteiger partial charge in [0.2, 0.25) is 0 Å². The number of para-hydroxylation sites is 2. The van der Waals surface area contributed by atoms with Crippen LogP contribution in [0.3, 0.4) is 0 Å². The van der Waals surface area contributed by atoms with Gasteiger partial charge >= 0.3 is 5.97 Å². The molecular weight excluding hydrogens is 416 g/mol. The van der Waals surface area contributed by atoms with E-state index in [-0.39, 0.29) is 28.3 Å². The molecule has 0 atom stereocenters. The van der Waals surface area contributed by atoms with E-state index in [4.69, 9.17) is 4.74 Å². The van der Waals surface area contributed by atoms with Crippen molar-refractivity contribution in [1.29, 1.82) is 0 Å². The Balaban J connectivity index is 1.85. The summed E-state index contributed by atoms with van der Waals surface area (Å²) in [5, 5.41) is 2.65. The Labute approximate surface area is 181 Å². The van der Waals surface area contributed by atoms with E-state index in [9.17, 15) is 18.0 Å². The number of carbonyl (C=O) groups is 2. The summed E-state index contributed by atoms with van der Waals surface area (Å²) in [5.74, 6) is -1.11. The number of hydrogen-bond donors (Lipinski definition) is 2. The van der Waals surface area contributed by atoms with Gasteiger partial charge in [-0.25, -0.2) is 13.2 Å². The highest BCUT2D eigenvalue weighted by Crippen LogP contribution is 2.21. The van der Waals surface area contributed by atoms with E-state index < -0.39 is 21.9 Å². The predicted molar refractivity (Wildman–Crippen MR) is 119 cm³/mol. The van der Waals surface area contributed by atoms with E-state index >= 15 is 0 Å². The Bertz CT molecular complexity index is 1220. The lowest BCUT2D eigenvalue weighted by Gasteiger charge is -2.12. The van der Waals surface area contributed by atoms with Crippen LogP contribution in [0.2, 0.25) is 0 Å². The molecule has 2 N–H and O–H groups in total. The molecule has 0 aliphatic rings. The molecule has 0 unspecified atom stereocenters. The highest BCUT2D eigenvalue weighted by atomic mass is 32.2. The molecule has 160 valence electrons. The summed E-state index contributed by atoms with van der Waals surface area (Å²) in [5.41, 5.74) is 1.85. The first-order chi connectivity index (χ1) is 14.8. The first-order valence-electron chi connectivity index (χ1n) is 9.58. The van der Waals surface area contributed by atoms with E-state index in [2.05, 4.69) is 10.0 Å². The monoisotopic (exact) mass is 438 g/mol. The topological polar surface area (TPSA) is 102 Å². The molecular formula is C23H22N2O5S. The van der Waals surface area contributed by atoms with Crippen LogP contribution in [0.4, 0.5) is 11.4 Å². The number of nitrogens with one attached hydrogen (secondary N) is 2. The molecule has 7 nitrogen and oxygen atoms in total. The quantitative estimate of drug-likeness (QED) is 0.538. The van der Waals surface area contributed by atoms with E-state index in [1.807, 2.05) is 6.07 Å². The van der Waals surface area contributed by atoms with Crippen LogP contribution in [0.25, 0.3) is 0 Å². The number of ether oxygens (including phenoxy) is 1. The van der Waals surface area contributed by atoms with Crippen LogP contribution < -0.4 is 10.0 Å². The normalized spacial score (nSPS) is 10.9. The second kappa shape index (κ2) is 9.44. The number of rotatable bonds is 7. The second-order valence-corrected chi connectivity index (χ2v) is 8.35. The Morgan fingerprint density at radius 3 is 2.29 bits per heavy atom. The molecule has 0 saturated heterocycles. The third-order valence-corrected chi connectivity index (χ3v) is 5.83. The number of esters is 1. The minimum Gasteiger partial charge on any atom is -0.462 e. The number of sulfonamides is 1. The molecule has 3 aromatic carbocycles. The van der Waals surface area contributed by atoms with Crippen molar-refractivity contribution in [3.63, 3.8) is 0 Å². The van der Waals surface area contributed by atoms with Crippen molar-refractivity contribution in [3.05, 3.63) is 89.5 Å². The average Bonchev–Trinajstić information content (AvgIpc) is 2.76. The van der Waals surface area contributed by atoms with Crippen LogP contribution in [0, 0.1) is 6.92 Å². The van der Waals surface area contributed by atoms with Crippen molar-refractivity contribution in [2.75, 3.05) is 16.6 Å². The van der Waals surface area contributed by atoms with Gasteiger partial charge in [-0.15, -0.1) is 0 Å². The minimum atomic E-state index is -3.90. The van der Waals surface area contributed by atoms with Gasteiger partial charge in [0.05, 0.1) is 28.4 Å². The smallest absolute Gasteiger partial charge is 0.340 e. The van der Waals surface area contributed by atoms with Crippen molar-refractivity contribution in [1.82, 2.24) is 0 Å². The summed E-state index contributed by atoms with van der Waals surface area (Å²) in [6, 6.07) is 19.1. The van der Waals surface area contributed by atoms with Crippen LogP contribution >= 0.6 is 0 Å². The number of anilines is 2. The molecule has 0 spiro atoms. The fourth-order valence-corrected chi connectivity index (χ4v) is 4.05. The first-order valence-corrected chi connectivity index (χ1v) is 11.1. The highest BCUT2D eigenvalue weighted by molar-refractivity contribution is 7.92. The highest BCUT2D eigenvalue weighted by Gasteiger charge is 2.19. The largest absolute Gasteiger partial charge is 0.462 e. The number of amides is 1. The molecule has 0 bridgehead atoms. The summed E-state index contributed by atoms with van der Waals surface area (Å²) in [6.45, 7) is 3.69. The SMILES string of the molecule is CCOC(=O)c1ccccc1NC(=O)c1cccc(S(=O)(=O)Nc2ccccc2C)c1. The Morgan fingerprint density at radius 2 is 1.58 bits per heavy atom. The summed E-state index contributed by atoms with van der Waals surface area (Å²) in [6.07, 6.45) is 0. The molecule has 8 heteroatoms. The van der Waals surface area contributed by atoms with Gasteiger partial charge in [0, 0.05) is 5.56 Å². The number of carbonyl (C=O) groups excluding carboxylic acids is 2. The maximum atomic E-state index is 12.8. The van der Waals surface area contributed by atoms with Crippen LogP contribution in [-0.4, -0.2) is 26.9 Å². The van der Waals surface area contributed by atoms with E-state index in [0.29, 0.717) is 5.69 Å². The zero-order chi connectivity index (χ0) is 22.4. The number of hydrogen-bond acceptors (Lipinski definition) is 5. The maximum Gasteiger partial charge on any atom is 0.340 e. The first kappa shape index (κ1) is 22.0. The van der Waals surface area contributed by atoms with E-state index in [1.165, 1.54) is 24.3 Å². The van der Waals surface area contributed by atoms with Crippen LogP contribution in [-0.2, 0) is 14.8 Å². The molecule has 3 aromatic rings. The molecule has 0 aliphatic heterocycles. The summed E-state index contributed by atoms with van der Waals surface area (Å²) in [7, 11) is -3.90. The summed E-state index contributed by atoms with van der Waals surface area (Å²) < 4.78 is 33.1. The van der Waals surface area contributed by atoms with E-state index in [1.54, 1.807) is 56.3 Å². The van der Waals surface area contributed by atoms with Crippen molar-refractivity contribution in [2.24, 2.45) is 0 Å². The summed E-state index contributed by atoms with van der Waals surface area (Å²) in [4.78, 5) is 24.8. The van der Waals surface area contributed by atoms with Gasteiger partial charge in [-0.05, 0) is 55.8 Å². The van der Waals surface area contributed by atoms with Gasteiger partial charge in [-0.3, -0.25) is 9.52 Å². The zero-order valence-electron chi connectivity index (χ0n) is 17.1. The lowest BCUT2D eigenvalue weighted by atomic mass is 10.1. The minimum absolute atomic E-state index is 0.0536. The van der Waals surface area contributed by atoms with Crippen LogP contribution in [0.1, 0.15) is 33.2 Å². The van der Waals surface area contributed by atoms with Gasteiger partial charge in [0.25, 0.3) is 15.9 Å². The van der Waals surface area contributed by atoms with Crippen molar-refractivity contribution in [3.8, 4) is 0 Å². The molecule has 0 aliphatic carbocycles. The van der Waals surface area contributed by atoms with Crippen molar-refractivity contribution >= 4 is 33.3 Å². The third kappa shape index (κ3) is 5.29. The average molecular weight is 439 g/mol. The molecule has 3 rings (SSSR count). The number of benzene rings is 3. The standard InChI is InChI=1S/C23H22N2O5S/c1-3-30-23(27)19-12-5-7-14-21(19)24-22(26)17-10-8-11-18(15-17)31(28,29)25-20-13-6-4-9-16(20)2/h4-15,25H,3H2,1-2H3,(H,24,26). The fourth-order valence-electron chi connectivity index (χ4n) is 2.87. The lowest BCUT2D eigenvalue weighted by molar-refractivity contribution is 0.0527. The van der Waals surface area contributed by atoms with Gasteiger partial charge in [-0.2, -0.15) is 0 Å². The zero-order valence-corrected chi connectivity index (χ0v) is 17.9. The molecule has 0 radical (unpaired) electrons. The van der Waals surface area contributed by atoms with Crippen LogP contribution in [0.15, 0.2) is 77.7 Å². The van der Waals surface area contributed by atoms with Gasteiger partial charge in [-0.1, -0.05) is 36.4 Å². The third-order valence-electron chi connectivity index (χ3n) is 4.47. The van der Waals surface area contributed by atoms with Gasteiger partial charge in [0.15, 0.2) is 0 Å². The van der Waals surface area contributed by atoms with Crippen molar-refractivity contribution < 1.29 is 22.7 Å². The fraction of sp³-hybridized carbons (Fsp3) is 0.130. The number of aryl methyl sites for hydroxylation is 1. The van der Waals surface area contributed by atoms with Crippen molar-refractivity contribution in [2.45, 2.75) is 18.7 Å². The summed E-state index contributed by atoms with van der Waals surface area (Å²) >= 11 is 0.